The third-order valence-corrected chi connectivity index (χ3v) is 2.84. The lowest BCUT2D eigenvalue weighted by Crippen LogP contribution is -2.31. The molecule has 0 saturated heterocycles. The van der Waals surface area contributed by atoms with E-state index in [-0.39, 0.29) is 6.04 Å². The molecule has 0 aliphatic heterocycles. The van der Waals surface area contributed by atoms with Crippen LogP contribution in [0, 0.1) is 12.8 Å². The first-order valence-corrected chi connectivity index (χ1v) is 6.11. The van der Waals surface area contributed by atoms with Crippen LogP contribution in [0.4, 0.5) is 11.5 Å². The van der Waals surface area contributed by atoms with Gasteiger partial charge in [-0.15, -0.1) is 0 Å². The minimum atomic E-state index is 0.228. The topological polar surface area (TPSA) is 60.2 Å². The van der Waals surface area contributed by atoms with Gasteiger partial charge in [-0.3, -0.25) is 0 Å². The van der Waals surface area contributed by atoms with E-state index < -0.39 is 0 Å². The van der Waals surface area contributed by atoms with E-state index in [1.165, 1.54) is 0 Å². The maximum Gasteiger partial charge on any atom is 0.149 e. The van der Waals surface area contributed by atoms with Crippen LogP contribution in [0.3, 0.4) is 0 Å². The fourth-order valence-corrected chi connectivity index (χ4v) is 1.51. The molecule has 1 unspecified atom stereocenters. The van der Waals surface area contributed by atoms with E-state index in [9.17, 15) is 0 Å². The molecule has 4 nitrogen and oxygen atoms in total. The molecule has 0 radical (unpaired) electrons. The Hall–Kier alpha value is -1.29. The smallest absolute Gasteiger partial charge is 0.149 e. The van der Waals surface area contributed by atoms with Crippen molar-refractivity contribution in [3.05, 3.63) is 17.8 Å². The Bertz CT molecular complexity index is 353. The number of aryl methyl sites for hydroxylation is 1. The molecule has 3 N–H and O–H groups in total. The molecule has 1 rings (SSSR count). The summed E-state index contributed by atoms with van der Waals surface area (Å²) >= 11 is 0. The van der Waals surface area contributed by atoms with Gasteiger partial charge in [0.2, 0.25) is 0 Å². The van der Waals surface area contributed by atoms with Gasteiger partial charge in [-0.25, -0.2) is 4.98 Å². The number of ether oxygens (including phenoxy) is 1. The summed E-state index contributed by atoms with van der Waals surface area (Å²) in [4.78, 5) is 4.28. The molecule has 96 valence electrons. The van der Waals surface area contributed by atoms with Crippen molar-refractivity contribution in [2.24, 2.45) is 5.92 Å². The van der Waals surface area contributed by atoms with Crippen LogP contribution in [0.2, 0.25) is 0 Å². The first-order valence-electron chi connectivity index (χ1n) is 6.11. The van der Waals surface area contributed by atoms with E-state index in [0.29, 0.717) is 12.5 Å². The van der Waals surface area contributed by atoms with Crippen molar-refractivity contribution in [3.8, 4) is 0 Å². The van der Waals surface area contributed by atoms with Crippen molar-refractivity contribution in [1.29, 1.82) is 0 Å². The number of aromatic nitrogens is 1. The zero-order valence-corrected chi connectivity index (χ0v) is 11.2. The van der Waals surface area contributed by atoms with E-state index in [2.05, 4.69) is 24.1 Å². The average Bonchev–Trinajstić information content (AvgIpc) is 2.29. The number of rotatable bonds is 6. The van der Waals surface area contributed by atoms with E-state index in [1.54, 1.807) is 6.20 Å². The molecule has 1 aromatic rings. The van der Waals surface area contributed by atoms with Crippen LogP contribution in [-0.2, 0) is 4.74 Å². The summed E-state index contributed by atoms with van der Waals surface area (Å²) in [6.07, 6.45) is 1.77. The van der Waals surface area contributed by atoms with Crippen LogP contribution < -0.4 is 11.1 Å². The second-order valence-electron chi connectivity index (χ2n) is 4.54. The van der Waals surface area contributed by atoms with Crippen molar-refractivity contribution < 1.29 is 4.74 Å². The second kappa shape index (κ2) is 6.45. The number of nitrogen functional groups attached to an aromatic ring is 1. The van der Waals surface area contributed by atoms with Gasteiger partial charge < -0.3 is 15.8 Å². The van der Waals surface area contributed by atoms with E-state index in [4.69, 9.17) is 10.5 Å². The van der Waals surface area contributed by atoms with Gasteiger partial charge in [-0.05, 0) is 31.4 Å². The Morgan fingerprint density at radius 1 is 1.47 bits per heavy atom. The molecule has 1 heterocycles. The lowest BCUT2D eigenvalue weighted by atomic mass is 10.1. The summed E-state index contributed by atoms with van der Waals surface area (Å²) in [7, 11) is 0. The third-order valence-electron chi connectivity index (χ3n) is 2.84. The van der Waals surface area contributed by atoms with Crippen LogP contribution in [0.15, 0.2) is 12.3 Å². The Kier molecular flexibility index (Phi) is 5.22. The van der Waals surface area contributed by atoms with E-state index >= 15 is 0 Å². The highest BCUT2D eigenvalue weighted by Crippen LogP contribution is 2.21. The number of nitrogens with zero attached hydrogens (tertiary/aromatic N) is 1. The van der Waals surface area contributed by atoms with Crippen molar-refractivity contribution in [2.45, 2.75) is 33.7 Å². The van der Waals surface area contributed by atoms with Gasteiger partial charge in [0.25, 0.3) is 0 Å². The van der Waals surface area contributed by atoms with Gasteiger partial charge in [0.15, 0.2) is 0 Å². The number of hydrogen-bond donors (Lipinski definition) is 2. The fraction of sp³-hybridized carbons (Fsp3) is 0.615. The van der Waals surface area contributed by atoms with Gasteiger partial charge in [-0.2, -0.15) is 0 Å². The molecular formula is C13H23N3O. The number of anilines is 2. The SMILES string of the molecule is CCOCC(Nc1nccc(C)c1N)C(C)C. The fourth-order valence-electron chi connectivity index (χ4n) is 1.51. The van der Waals surface area contributed by atoms with Gasteiger partial charge in [0.1, 0.15) is 5.82 Å². The molecule has 0 fully saturated rings. The highest BCUT2D eigenvalue weighted by molar-refractivity contribution is 5.65. The number of hydrogen-bond acceptors (Lipinski definition) is 4. The zero-order chi connectivity index (χ0) is 12.8. The third kappa shape index (κ3) is 3.89. The van der Waals surface area contributed by atoms with Crippen molar-refractivity contribution in [3.63, 3.8) is 0 Å². The van der Waals surface area contributed by atoms with Crippen molar-refractivity contribution in [2.75, 3.05) is 24.3 Å². The number of pyridine rings is 1. The summed E-state index contributed by atoms with van der Waals surface area (Å²) in [5.41, 5.74) is 7.75. The molecule has 17 heavy (non-hydrogen) atoms. The quantitative estimate of drug-likeness (QED) is 0.798. The lowest BCUT2D eigenvalue weighted by Gasteiger charge is -2.23. The van der Waals surface area contributed by atoms with E-state index in [0.717, 1.165) is 23.7 Å². The Morgan fingerprint density at radius 3 is 2.76 bits per heavy atom. The van der Waals surface area contributed by atoms with Crippen LogP contribution >= 0.6 is 0 Å². The molecule has 1 atom stereocenters. The molecule has 0 amide bonds. The largest absolute Gasteiger partial charge is 0.396 e. The molecule has 0 aromatic carbocycles. The summed E-state index contributed by atoms with van der Waals surface area (Å²) < 4.78 is 5.47. The molecule has 0 aliphatic carbocycles. The van der Waals surface area contributed by atoms with Gasteiger partial charge in [0.05, 0.1) is 18.3 Å². The highest BCUT2D eigenvalue weighted by Gasteiger charge is 2.15. The van der Waals surface area contributed by atoms with Crippen LogP contribution in [0.5, 0.6) is 0 Å². The van der Waals surface area contributed by atoms with Crippen LogP contribution in [0.1, 0.15) is 26.3 Å². The van der Waals surface area contributed by atoms with Gasteiger partial charge in [-0.1, -0.05) is 13.8 Å². The standard InChI is InChI=1S/C13H23N3O/c1-5-17-8-11(9(2)3)16-13-12(14)10(4)6-7-15-13/h6-7,9,11H,5,8,14H2,1-4H3,(H,15,16). The minimum Gasteiger partial charge on any atom is -0.396 e. The molecule has 4 heteroatoms. The van der Waals surface area contributed by atoms with Gasteiger partial charge >= 0.3 is 0 Å². The Balaban J connectivity index is 2.75. The molecule has 1 aromatic heterocycles. The molecule has 0 spiro atoms. The maximum absolute atomic E-state index is 5.99. The monoisotopic (exact) mass is 237 g/mol. The van der Waals surface area contributed by atoms with Gasteiger partial charge in [0, 0.05) is 12.8 Å². The number of nitrogens with two attached hydrogens (primary N) is 1. The average molecular weight is 237 g/mol. The predicted molar refractivity (Wildman–Crippen MR) is 72.1 cm³/mol. The van der Waals surface area contributed by atoms with Crippen molar-refractivity contribution in [1.82, 2.24) is 4.98 Å². The maximum atomic E-state index is 5.99. The molecule has 0 aliphatic rings. The summed E-state index contributed by atoms with van der Waals surface area (Å²) in [5, 5.41) is 3.36. The minimum absolute atomic E-state index is 0.228. The lowest BCUT2D eigenvalue weighted by molar-refractivity contribution is 0.126. The van der Waals surface area contributed by atoms with Crippen LogP contribution in [-0.4, -0.2) is 24.2 Å². The zero-order valence-electron chi connectivity index (χ0n) is 11.2. The predicted octanol–water partition coefficient (Wildman–Crippen LogP) is 2.45. The summed E-state index contributed by atoms with van der Waals surface area (Å²) in [6.45, 7) is 9.68. The van der Waals surface area contributed by atoms with Crippen molar-refractivity contribution >= 4 is 11.5 Å². The summed E-state index contributed by atoms with van der Waals surface area (Å²) in [5.74, 6) is 1.21. The Labute approximate surface area is 104 Å². The first kappa shape index (κ1) is 13.8. The number of nitrogens with one attached hydrogen (secondary N) is 1. The van der Waals surface area contributed by atoms with Crippen LogP contribution in [0.25, 0.3) is 0 Å². The molecule has 0 saturated carbocycles. The molecular weight excluding hydrogens is 214 g/mol. The summed E-state index contributed by atoms with van der Waals surface area (Å²) in [6, 6.07) is 2.14. The normalized spacial score (nSPS) is 12.8. The highest BCUT2D eigenvalue weighted by atomic mass is 16.5. The Morgan fingerprint density at radius 2 is 2.18 bits per heavy atom. The van der Waals surface area contributed by atoms with E-state index in [1.807, 2.05) is 19.9 Å². The second-order valence-corrected chi connectivity index (χ2v) is 4.54. The first-order chi connectivity index (χ1) is 8.06. The molecule has 0 bridgehead atoms.